The summed E-state index contributed by atoms with van der Waals surface area (Å²) in [6, 6.07) is 19.7. The van der Waals surface area contributed by atoms with E-state index in [-0.39, 0.29) is 5.89 Å². The average Bonchev–Trinajstić information content (AvgIpc) is 3.54. The normalized spacial score (nSPS) is 12.2. The number of nitrogens with zero attached hydrogens (tertiary/aromatic N) is 4. The Morgan fingerprint density at radius 1 is 1.09 bits per heavy atom. The minimum atomic E-state index is -0.669. The molecule has 5 aromatic rings. The molecule has 0 aliphatic rings. The van der Waals surface area contributed by atoms with E-state index in [0.717, 1.165) is 27.0 Å². The zero-order chi connectivity index (χ0) is 22.9. The van der Waals surface area contributed by atoms with Crippen molar-refractivity contribution in [3.63, 3.8) is 0 Å². The molecule has 0 N–H and O–H groups in total. The van der Waals surface area contributed by atoms with Crippen LogP contribution in [0.25, 0.3) is 21.7 Å². The number of aryl methyl sites for hydroxylation is 2. The number of hydrogen-bond donors (Lipinski definition) is 0. The lowest BCUT2D eigenvalue weighted by Crippen LogP contribution is -2.08. The quantitative estimate of drug-likeness (QED) is 0.302. The summed E-state index contributed by atoms with van der Waals surface area (Å²) in [6.45, 7) is 6.37. The van der Waals surface area contributed by atoms with E-state index < -0.39 is 12.1 Å². The summed E-state index contributed by atoms with van der Waals surface area (Å²) >= 11 is 1.37. The molecular weight excluding hydrogens is 436 g/mol. The summed E-state index contributed by atoms with van der Waals surface area (Å²) in [5, 5.41) is 13.7. The van der Waals surface area contributed by atoms with Crippen molar-refractivity contribution >= 4 is 27.5 Å². The van der Waals surface area contributed by atoms with Gasteiger partial charge in [0.1, 0.15) is 9.71 Å². The predicted molar refractivity (Wildman–Crippen MR) is 126 cm³/mol. The molecule has 1 atom stereocenters. The molecule has 0 radical (unpaired) electrons. The van der Waals surface area contributed by atoms with Crippen LogP contribution in [-0.4, -0.2) is 25.9 Å². The number of thiophene rings is 1. The van der Waals surface area contributed by atoms with E-state index in [1.54, 1.807) is 6.92 Å². The Labute approximate surface area is 194 Å². The van der Waals surface area contributed by atoms with Crippen LogP contribution in [-0.2, 0) is 11.3 Å². The molecule has 0 aliphatic heterocycles. The number of carbonyl (C=O) groups is 1. The molecular formula is C25H22N4O3S. The summed E-state index contributed by atoms with van der Waals surface area (Å²) in [4.78, 5) is 14.3. The fourth-order valence-electron chi connectivity index (χ4n) is 3.55. The van der Waals surface area contributed by atoms with Crippen molar-refractivity contribution in [3.05, 3.63) is 88.3 Å². The Hall–Kier alpha value is -3.78. The number of hydrogen-bond acceptors (Lipinski definition) is 7. The molecule has 0 saturated heterocycles. The van der Waals surface area contributed by atoms with Crippen molar-refractivity contribution in [1.29, 1.82) is 0 Å². The summed E-state index contributed by atoms with van der Waals surface area (Å²) in [5.74, 6) is 0.219. The molecule has 7 nitrogen and oxygen atoms in total. The summed E-state index contributed by atoms with van der Waals surface area (Å²) in [5.41, 5.74) is 4.06. The number of esters is 1. The van der Waals surface area contributed by atoms with Gasteiger partial charge in [0, 0.05) is 10.9 Å². The second-order valence-electron chi connectivity index (χ2n) is 7.92. The number of ether oxygens (including phenoxy) is 1. The van der Waals surface area contributed by atoms with E-state index in [1.165, 1.54) is 16.9 Å². The van der Waals surface area contributed by atoms with Gasteiger partial charge < -0.3 is 9.15 Å². The van der Waals surface area contributed by atoms with Crippen molar-refractivity contribution in [2.45, 2.75) is 33.4 Å². The van der Waals surface area contributed by atoms with Crippen LogP contribution >= 0.6 is 11.3 Å². The lowest BCUT2D eigenvalue weighted by Gasteiger charge is -2.08. The lowest BCUT2D eigenvalue weighted by atomic mass is 10.1. The highest BCUT2D eigenvalue weighted by Gasteiger charge is 2.23. The van der Waals surface area contributed by atoms with Crippen LogP contribution in [0.5, 0.6) is 0 Å². The van der Waals surface area contributed by atoms with Gasteiger partial charge in [-0.1, -0.05) is 48.0 Å². The maximum absolute atomic E-state index is 12.9. The van der Waals surface area contributed by atoms with Gasteiger partial charge in [0.25, 0.3) is 5.89 Å². The fraction of sp³-hybridized carbons (Fsp3) is 0.200. The van der Waals surface area contributed by atoms with E-state index in [1.807, 2.05) is 48.0 Å². The van der Waals surface area contributed by atoms with Crippen LogP contribution in [0, 0.1) is 13.8 Å². The van der Waals surface area contributed by atoms with Gasteiger partial charge in [0.05, 0.1) is 12.2 Å². The first kappa shape index (κ1) is 21.1. The zero-order valence-electron chi connectivity index (χ0n) is 18.5. The van der Waals surface area contributed by atoms with Gasteiger partial charge >= 0.3 is 5.97 Å². The SMILES string of the molecule is Cc1ccc(Cn2nc(C)c3cc(C(=O)OC(C)c4nnc(-c5ccccc5)o4)sc32)cc1. The van der Waals surface area contributed by atoms with E-state index in [4.69, 9.17) is 9.15 Å². The Balaban J connectivity index is 1.33. The fourth-order valence-corrected chi connectivity index (χ4v) is 4.60. The Bertz CT molecular complexity index is 1420. The van der Waals surface area contributed by atoms with Crippen molar-refractivity contribution in [3.8, 4) is 11.5 Å². The third kappa shape index (κ3) is 4.29. The first-order valence-corrected chi connectivity index (χ1v) is 11.4. The second-order valence-corrected chi connectivity index (χ2v) is 8.95. The van der Waals surface area contributed by atoms with E-state index >= 15 is 0 Å². The molecule has 1 unspecified atom stereocenters. The highest BCUT2D eigenvalue weighted by Crippen LogP contribution is 2.31. The van der Waals surface area contributed by atoms with E-state index in [0.29, 0.717) is 17.3 Å². The van der Waals surface area contributed by atoms with Crippen molar-refractivity contribution in [1.82, 2.24) is 20.0 Å². The minimum absolute atomic E-state index is 0.255. The van der Waals surface area contributed by atoms with Gasteiger partial charge in [-0.2, -0.15) is 5.10 Å². The zero-order valence-corrected chi connectivity index (χ0v) is 19.3. The maximum Gasteiger partial charge on any atom is 0.349 e. The van der Waals surface area contributed by atoms with Crippen molar-refractivity contribution in [2.24, 2.45) is 0 Å². The topological polar surface area (TPSA) is 83.0 Å². The smallest absolute Gasteiger partial charge is 0.349 e. The van der Waals surface area contributed by atoms with Crippen LogP contribution in [0.1, 0.15) is 45.4 Å². The molecule has 0 fully saturated rings. The molecule has 8 heteroatoms. The van der Waals surface area contributed by atoms with Gasteiger partial charge in [-0.3, -0.25) is 4.68 Å². The standard InChI is InChI=1S/C25H22N4O3S/c1-15-9-11-18(12-10-15)14-29-24-20(16(2)28-29)13-21(33-24)25(30)31-17(3)22-26-27-23(32-22)19-7-5-4-6-8-19/h4-13,17H,14H2,1-3H3. The van der Waals surface area contributed by atoms with Gasteiger partial charge in [0.15, 0.2) is 6.10 Å². The third-order valence-electron chi connectivity index (χ3n) is 5.35. The maximum atomic E-state index is 12.9. The predicted octanol–water partition coefficient (Wildman–Crippen LogP) is 5.73. The molecule has 166 valence electrons. The number of carbonyl (C=O) groups excluding carboxylic acids is 1. The highest BCUT2D eigenvalue weighted by atomic mass is 32.1. The average molecular weight is 459 g/mol. The molecule has 0 saturated carbocycles. The Morgan fingerprint density at radius 3 is 2.61 bits per heavy atom. The second kappa shape index (κ2) is 8.63. The van der Waals surface area contributed by atoms with Crippen molar-refractivity contribution in [2.75, 3.05) is 0 Å². The molecule has 2 aromatic carbocycles. The van der Waals surface area contributed by atoms with E-state index in [9.17, 15) is 4.79 Å². The monoisotopic (exact) mass is 458 g/mol. The summed E-state index contributed by atoms with van der Waals surface area (Å²) in [7, 11) is 0. The third-order valence-corrected chi connectivity index (χ3v) is 6.48. The number of fused-ring (bicyclic) bond motifs is 1. The molecule has 33 heavy (non-hydrogen) atoms. The first-order valence-electron chi connectivity index (χ1n) is 10.6. The molecule has 3 aromatic heterocycles. The van der Waals surface area contributed by atoms with Gasteiger partial charge in [0.2, 0.25) is 5.89 Å². The van der Waals surface area contributed by atoms with Crippen LogP contribution in [0.3, 0.4) is 0 Å². The first-order chi connectivity index (χ1) is 16.0. The van der Waals surface area contributed by atoms with Gasteiger partial charge in [-0.05, 0) is 44.5 Å². The highest BCUT2D eigenvalue weighted by molar-refractivity contribution is 7.20. The van der Waals surface area contributed by atoms with Gasteiger partial charge in [-0.25, -0.2) is 4.79 Å². The van der Waals surface area contributed by atoms with Crippen LogP contribution in [0.4, 0.5) is 0 Å². The molecule has 3 heterocycles. The summed E-state index contributed by atoms with van der Waals surface area (Å²) in [6.07, 6.45) is -0.669. The molecule has 0 spiro atoms. The lowest BCUT2D eigenvalue weighted by molar-refractivity contribution is 0.0286. The van der Waals surface area contributed by atoms with Crippen LogP contribution < -0.4 is 0 Å². The molecule has 5 rings (SSSR count). The number of aromatic nitrogens is 4. The molecule has 0 aliphatic carbocycles. The number of rotatable bonds is 6. The van der Waals surface area contributed by atoms with Gasteiger partial charge in [-0.15, -0.1) is 21.5 Å². The Morgan fingerprint density at radius 2 is 1.85 bits per heavy atom. The van der Waals surface area contributed by atoms with Crippen LogP contribution in [0.15, 0.2) is 65.1 Å². The van der Waals surface area contributed by atoms with Crippen molar-refractivity contribution < 1.29 is 13.9 Å². The summed E-state index contributed by atoms with van der Waals surface area (Å²) < 4.78 is 13.3. The number of benzene rings is 2. The van der Waals surface area contributed by atoms with Crippen LogP contribution in [0.2, 0.25) is 0 Å². The molecule has 0 amide bonds. The molecule has 0 bridgehead atoms. The van der Waals surface area contributed by atoms with E-state index in [2.05, 4.69) is 46.5 Å². The Kier molecular flexibility index (Phi) is 5.51. The minimum Gasteiger partial charge on any atom is -0.448 e. The largest absolute Gasteiger partial charge is 0.448 e.